The SMILES string of the molecule is COc1ccc(-c2cc([C@H]3CN4CC[C@H]3C[C@@H]4CNC(=O)c3ccc4c(c3)OCO4)n(C)n2)cc1OC. The van der Waals surface area contributed by atoms with Crippen molar-refractivity contribution in [3.05, 3.63) is 53.7 Å². The zero-order valence-electron chi connectivity index (χ0n) is 21.4. The van der Waals surface area contributed by atoms with Crippen LogP contribution < -0.4 is 24.3 Å². The van der Waals surface area contributed by atoms with Crippen molar-refractivity contribution >= 4 is 5.91 Å². The molecule has 0 radical (unpaired) electrons. The molecule has 37 heavy (non-hydrogen) atoms. The molecule has 3 fully saturated rings. The predicted molar refractivity (Wildman–Crippen MR) is 137 cm³/mol. The van der Waals surface area contributed by atoms with Crippen LogP contribution in [-0.4, -0.2) is 67.3 Å². The molecule has 5 heterocycles. The quantitative estimate of drug-likeness (QED) is 0.528. The standard InChI is InChI=1S/C28H32N4O5/c1-31-23(13-22(30-31)18-4-6-24(34-2)26(11-18)35-3)21-15-32-9-8-17(21)10-20(32)14-29-28(33)19-5-7-25-27(12-19)37-16-36-25/h4-7,11-13,17,20-21H,8-10,14-16H2,1-3H3,(H,29,33)/t17-,20+,21-/m0/s1. The number of methoxy groups -OCH3 is 2. The Kier molecular flexibility index (Phi) is 6.16. The maximum Gasteiger partial charge on any atom is 0.251 e. The van der Waals surface area contributed by atoms with E-state index in [4.69, 9.17) is 24.0 Å². The second-order valence-corrected chi connectivity index (χ2v) is 9.97. The Bertz CT molecular complexity index is 1320. The van der Waals surface area contributed by atoms with Gasteiger partial charge in [-0.05, 0) is 67.8 Å². The average Bonchev–Trinajstić information content (AvgIpc) is 3.57. The molecule has 1 amide bonds. The second-order valence-electron chi connectivity index (χ2n) is 9.97. The molecule has 4 aliphatic rings. The highest BCUT2D eigenvalue weighted by molar-refractivity contribution is 5.95. The number of hydrogen-bond acceptors (Lipinski definition) is 7. The van der Waals surface area contributed by atoms with Crippen LogP contribution in [0.15, 0.2) is 42.5 Å². The van der Waals surface area contributed by atoms with E-state index in [1.54, 1.807) is 32.4 Å². The summed E-state index contributed by atoms with van der Waals surface area (Å²) >= 11 is 0. The third-order valence-corrected chi connectivity index (χ3v) is 7.99. The topological polar surface area (TPSA) is 87.1 Å². The summed E-state index contributed by atoms with van der Waals surface area (Å²) in [5.74, 6) is 3.61. The summed E-state index contributed by atoms with van der Waals surface area (Å²) in [4.78, 5) is 15.3. The zero-order chi connectivity index (χ0) is 25.5. The molecule has 4 atom stereocenters. The summed E-state index contributed by atoms with van der Waals surface area (Å²) in [6.45, 7) is 2.87. The number of ether oxygens (including phenoxy) is 4. The van der Waals surface area contributed by atoms with Gasteiger partial charge in [0.15, 0.2) is 23.0 Å². The van der Waals surface area contributed by atoms with Crippen LogP contribution in [0.25, 0.3) is 11.3 Å². The number of piperidine rings is 3. The molecule has 2 bridgehead atoms. The fraction of sp³-hybridized carbons (Fsp3) is 0.429. The number of aromatic nitrogens is 2. The van der Waals surface area contributed by atoms with Crippen molar-refractivity contribution in [1.29, 1.82) is 0 Å². The molecular weight excluding hydrogens is 472 g/mol. The van der Waals surface area contributed by atoms with E-state index >= 15 is 0 Å². The molecule has 1 N–H and O–H groups in total. The van der Waals surface area contributed by atoms with Crippen LogP contribution in [0, 0.1) is 5.92 Å². The van der Waals surface area contributed by atoms with Gasteiger partial charge >= 0.3 is 0 Å². The first kappa shape index (κ1) is 23.7. The lowest BCUT2D eigenvalue weighted by Crippen LogP contribution is -2.56. The van der Waals surface area contributed by atoms with Gasteiger partial charge in [0.05, 0.1) is 19.9 Å². The monoisotopic (exact) mass is 504 g/mol. The molecule has 1 aromatic heterocycles. The minimum atomic E-state index is -0.0799. The zero-order valence-corrected chi connectivity index (χ0v) is 21.4. The maximum atomic E-state index is 12.8. The van der Waals surface area contributed by atoms with E-state index in [-0.39, 0.29) is 12.7 Å². The van der Waals surface area contributed by atoms with Crippen molar-refractivity contribution in [2.24, 2.45) is 13.0 Å². The third kappa shape index (κ3) is 4.37. The molecule has 4 aliphatic heterocycles. The molecule has 3 saturated heterocycles. The van der Waals surface area contributed by atoms with E-state index in [1.807, 2.05) is 29.9 Å². The van der Waals surface area contributed by atoms with Gasteiger partial charge in [-0.2, -0.15) is 5.10 Å². The van der Waals surface area contributed by atoms with E-state index in [2.05, 4.69) is 16.3 Å². The minimum Gasteiger partial charge on any atom is -0.493 e. The summed E-state index contributed by atoms with van der Waals surface area (Å²) in [5.41, 5.74) is 3.78. The highest BCUT2D eigenvalue weighted by Crippen LogP contribution is 2.43. The lowest BCUT2D eigenvalue weighted by Gasteiger charge is -2.50. The smallest absolute Gasteiger partial charge is 0.251 e. The molecule has 194 valence electrons. The van der Waals surface area contributed by atoms with Crippen LogP contribution >= 0.6 is 0 Å². The molecule has 9 heteroatoms. The van der Waals surface area contributed by atoms with Gasteiger partial charge in [-0.15, -0.1) is 0 Å². The largest absolute Gasteiger partial charge is 0.493 e. The van der Waals surface area contributed by atoms with E-state index in [0.717, 1.165) is 37.2 Å². The lowest BCUT2D eigenvalue weighted by molar-refractivity contribution is 0.0280. The van der Waals surface area contributed by atoms with Crippen molar-refractivity contribution in [1.82, 2.24) is 20.0 Å². The first-order valence-electron chi connectivity index (χ1n) is 12.7. The number of hydrogen-bond donors (Lipinski definition) is 1. The first-order chi connectivity index (χ1) is 18.0. The highest BCUT2D eigenvalue weighted by Gasteiger charge is 2.42. The fourth-order valence-electron chi connectivity index (χ4n) is 6.00. The molecule has 9 nitrogen and oxygen atoms in total. The Morgan fingerprint density at radius 2 is 1.92 bits per heavy atom. The van der Waals surface area contributed by atoms with Crippen LogP contribution in [0.5, 0.6) is 23.0 Å². The molecular formula is C28H32N4O5. The molecule has 2 aromatic carbocycles. The minimum absolute atomic E-state index is 0.0799. The third-order valence-electron chi connectivity index (χ3n) is 7.99. The molecule has 0 spiro atoms. The van der Waals surface area contributed by atoms with Crippen molar-refractivity contribution in [3.8, 4) is 34.3 Å². The van der Waals surface area contributed by atoms with Crippen LogP contribution in [0.3, 0.4) is 0 Å². The van der Waals surface area contributed by atoms with Crippen LogP contribution in [-0.2, 0) is 7.05 Å². The second kappa shape index (κ2) is 9.63. The normalized spacial score (nSPS) is 23.6. The van der Waals surface area contributed by atoms with Gasteiger partial charge in [-0.1, -0.05) is 0 Å². The first-order valence-corrected chi connectivity index (χ1v) is 12.7. The highest BCUT2D eigenvalue weighted by atomic mass is 16.7. The number of amides is 1. The molecule has 1 unspecified atom stereocenters. The molecule has 3 aromatic rings. The predicted octanol–water partition coefficient (Wildman–Crippen LogP) is 3.44. The lowest BCUT2D eigenvalue weighted by atomic mass is 9.74. The van der Waals surface area contributed by atoms with Gasteiger partial charge in [0.1, 0.15) is 0 Å². The van der Waals surface area contributed by atoms with Gasteiger partial charge in [0, 0.05) is 48.9 Å². The van der Waals surface area contributed by atoms with Gasteiger partial charge < -0.3 is 24.3 Å². The summed E-state index contributed by atoms with van der Waals surface area (Å²) < 4.78 is 23.6. The Morgan fingerprint density at radius 3 is 2.70 bits per heavy atom. The van der Waals surface area contributed by atoms with Gasteiger partial charge in [0.25, 0.3) is 5.91 Å². The van der Waals surface area contributed by atoms with Crippen LogP contribution in [0.4, 0.5) is 0 Å². The average molecular weight is 505 g/mol. The Balaban J connectivity index is 1.12. The Hall–Kier alpha value is -3.72. The Labute approximate surface area is 216 Å². The van der Waals surface area contributed by atoms with Crippen molar-refractivity contribution in [2.75, 3.05) is 40.6 Å². The van der Waals surface area contributed by atoms with Gasteiger partial charge in [0.2, 0.25) is 6.79 Å². The summed E-state index contributed by atoms with van der Waals surface area (Å²) in [6, 6.07) is 13.8. The number of nitrogens with zero attached hydrogens (tertiary/aromatic N) is 3. The summed E-state index contributed by atoms with van der Waals surface area (Å²) in [6.07, 6.45) is 2.22. The number of nitrogens with one attached hydrogen (secondary N) is 1. The van der Waals surface area contributed by atoms with Crippen molar-refractivity contribution in [2.45, 2.75) is 24.8 Å². The van der Waals surface area contributed by atoms with Gasteiger partial charge in [-0.3, -0.25) is 14.4 Å². The Morgan fingerprint density at radius 1 is 1.08 bits per heavy atom. The van der Waals surface area contributed by atoms with Crippen molar-refractivity contribution in [3.63, 3.8) is 0 Å². The van der Waals surface area contributed by atoms with E-state index in [1.165, 1.54) is 5.69 Å². The van der Waals surface area contributed by atoms with E-state index in [9.17, 15) is 4.79 Å². The summed E-state index contributed by atoms with van der Waals surface area (Å²) in [5, 5.41) is 7.97. The van der Waals surface area contributed by atoms with Crippen LogP contribution in [0.2, 0.25) is 0 Å². The molecule has 0 saturated carbocycles. The fourth-order valence-corrected chi connectivity index (χ4v) is 6.00. The summed E-state index contributed by atoms with van der Waals surface area (Å²) in [7, 11) is 5.31. The number of rotatable bonds is 7. The van der Waals surface area contributed by atoms with Crippen molar-refractivity contribution < 1.29 is 23.7 Å². The van der Waals surface area contributed by atoms with E-state index < -0.39 is 0 Å². The van der Waals surface area contributed by atoms with E-state index in [0.29, 0.717) is 53.0 Å². The number of carbonyl (C=O) groups is 1. The number of aryl methyl sites for hydroxylation is 1. The number of fused-ring (bicyclic) bond motifs is 4. The number of carbonyl (C=O) groups excluding carboxylic acids is 1. The molecule has 0 aliphatic carbocycles. The number of benzene rings is 2. The van der Waals surface area contributed by atoms with Gasteiger partial charge in [-0.25, -0.2) is 0 Å². The molecule has 7 rings (SSSR count). The maximum absolute atomic E-state index is 12.8. The van der Waals surface area contributed by atoms with Crippen LogP contribution in [0.1, 0.15) is 34.8 Å².